The molecule has 3 aromatic rings. The van der Waals surface area contributed by atoms with Gasteiger partial charge in [-0.1, -0.05) is 6.07 Å². The Morgan fingerprint density at radius 2 is 1.86 bits per heavy atom. The molecule has 0 aliphatic carbocycles. The summed E-state index contributed by atoms with van der Waals surface area (Å²) in [5.41, 5.74) is 3.96. The van der Waals surface area contributed by atoms with E-state index in [1.807, 2.05) is 6.07 Å². The largest absolute Gasteiger partial charge is 0.263 e. The van der Waals surface area contributed by atoms with Gasteiger partial charge in [0.1, 0.15) is 0 Å². The van der Waals surface area contributed by atoms with E-state index in [0.29, 0.717) is 22.4 Å². The van der Waals surface area contributed by atoms with Crippen molar-refractivity contribution in [3.63, 3.8) is 0 Å². The quantitative estimate of drug-likeness (QED) is 0.722. The van der Waals surface area contributed by atoms with Gasteiger partial charge in [-0.2, -0.15) is 10.5 Å². The van der Waals surface area contributed by atoms with Crippen LogP contribution in [-0.4, -0.2) is 9.97 Å². The Bertz CT molecular complexity index is 902. The summed E-state index contributed by atoms with van der Waals surface area (Å²) in [6, 6.07) is 17.7. The van der Waals surface area contributed by atoms with Gasteiger partial charge in [-0.05, 0) is 30.3 Å². The van der Waals surface area contributed by atoms with Crippen molar-refractivity contribution in [2.45, 2.75) is 0 Å². The van der Waals surface area contributed by atoms with Crippen LogP contribution in [0.25, 0.3) is 22.4 Å². The fraction of sp³-hybridized carbons (Fsp3) is 0. The number of benzene rings is 1. The maximum Gasteiger partial charge on any atom is 0.0998 e. The summed E-state index contributed by atoms with van der Waals surface area (Å²) in [5, 5.41) is 18.3. The maximum absolute atomic E-state index is 9.26. The van der Waals surface area contributed by atoms with Gasteiger partial charge in [-0.3, -0.25) is 9.97 Å². The van der Waals surface area contributed by atoms with Crippen molar-refractivity contribution in [3.05, 3.63) is 72.2 Å². The molecule has 22 heavy (non-hydrogen) atoms. The van der Waals surface area contributed by atoms with Crippen molar-refractivity contribution in [3.8, 4) is 34.5 Å². The second-order valence-corrected chi connectivity index (χ2v) is 4.58. The Balaban J connectivity index is 2.15. The standard InChI is InChI=1S/C18H9N4/c19-9-13-4-5-14(10-20)17(7-13)15-8-16(12-21-11-15)18-3-1-2-6-22-18/h1-2,4-8,11-12H. The monoisotopic (exact) mass is 281 g/mol. The minimum atomic E-state index is 0.503. The molecule has 0 spiro atoms. The fourth-order valence-corrected chi connectivity index (χ4v) is 2.15. The lowest BCUT2D eigenvalue weighted by molar-refractivity contribution is 1.27. The highest BCUT2D eigenvalue weighted by atomic mass is 14.7. The normalized spacial score (nSPS) is 9.73. The van der Waals surface area contributed by atoms with Crippen molar-refractivity contribution < 1.29 is 0 Å². The first-order valence-electron chi connectivity index (χ1n) is 6.54. The molecule has 0 unspecified atom stereocenters. The molecule has 0 amide bonds. The second-order valence-electron chi connectivity index (χ2n) is 4.58. The van der Waals surface area contributed by atoms with Gasteiger partial charge in [0.15, 0.2) is 0 Å². The predicted octanol–water partition coefficient (Wildman–Crippen LogP) is 3.35. The lowest BCUT2D eigenvalue weighted by Crippen LogP contribution is -1.90. The highest BCUT2D eigenvalue weighted by Gasteiger charge is 2.09. The summed E-state index contributed by atoms with van der Waals surface area (Å²) in [7, 11) is 0. The number of nitriles is 2. The van der Waals surface area contributed by atoms with Crippen LogP contribution in [0.4, 0.5) is 0 Å². The van der Waals surface area contributed by atoms with E-state index < -0.39 is 0 Å². The van der Waals surface area contributed by atoms with Crippen LogP contribution in [0.15, 0.2) is 55.0 Å². The summed E-state index contributed by atoms with van der Waals surface area (Å²) >= 11 is 0. The second kappa shape index (κ2) is 5.87. The molecule has 101 valence electrons. The third kappa shape index (κ3) is 2.54. The summed E-state index contributed by atoms with van der Waals surface area (Å²) in [4.78, 5) is 8.46. The third-order valence-electron chi connectivity index (χ3n) is 3.20. The van der Waals surface area contributed by atoms with E-state index in [1.165, 1.54) is 0 Å². The molecule has 0 atom stereocenters. The summed E-state index contributed by atoms with van der Waals surface area (Å²) in [6.07, 6.45) is 5.06. The van der Waals surface area contributed by atoms with Crippen LogP contribution in [0, 0.1) is 28.7 Å². The molecule has 0 saturated heterocycles. The van der Waals surface area contributed by atoms with Crippen LogP contribution in [-0.2, 0) is 0 Å². The van der Waals surface area contributed by atoms with Gasteiger partial charge in [-0.25, -0.2) is 0 Å². The maximum atomic E-state index is 9.26. The molecule has 2 aromatic heterocycles. The van der Waals surface area contributed by atoms with E-state index in [0.717, 1.165) is 11.1 Å². The molecule has 4 nitrogen and oxygen atoms in total. The van der Waals surface area contributed by atoms with Gasteiger partial charge >= 0.3 is 0 Å². The van der Waals surface area contributed by atoms with Crippen molar-refractivity contribution in [1.29, 1.82) is 10.5 Å². The Labute approximate surface area is 127 Å². The Hall–Kier alpha value is -3.50. The minimum Gasteiger partial charge on any atom is -0.263 e. The summed E-state index contributed by atoms with van der Waals surface area (Å²) in [5.74, 6) is 0. The van der Waals surface area contributed by atoms with Gasteiger partial charge < -0.3 is 0 Å². The molecule has 0 saturated carbocycles. The van der Waals surface area contributed by atoms with Crippen molar-refractivity contribution in [2.24, 2.45) is 0 Å². The van der Waals surface area contributed by atoms with Crippen molar-refractivity contribution >= 4 is 0 Å². The zero-order valence-corrected chi connectivity index (χ0v) is 11.5. The molecule has 2 heterocycles. The molecular weight excluding hydrogens is 272 g/mol. The molecule has 4 heteroatoms. The van der Waals surface area contributed by atoms with E-state index in [1.54, 1.807) is 48.9 Å². The lowest BCUT2D eigenvalue weighted by atomic mass is 9.98. The Kier molecular flexibility index (Phi) is 3.59. The van der Waals surface area contributed by atoms with Crippen LogP contribution in [0.5, 0.6) is 0 Å². The first kappa shape index (κ1) is 13.5. The molecule has 0 bridgehead atoms. The van der Waals surface area contributed by atoms with E-state index in [2.05, 4.69) is 28.2 Å². The van der Waals surface area contributed by atoms with Crippen LogP contribution in [0.2, 0.25) is 0 Å². The van der Waals surface area contributed by atoms with Crippen molar-refractivity contribution in [2.75, 3.05) is 0 Å². The van der Waals surface area contributed by atoms with Gasteiger partial charge in [-0.15, -0.1) is 0 Å². The number of pyridine rings is 2. The molecule has 0 aliphatic heterocycles. The number of hydrogen-bond donors (Lipinski definition) is 0. The third-order valence-corrected chi connectivity index (χ3v) is 3.20. The van der Waals surface area contributed by atoms with E-state index >= 15 is 0 Å². The number of rotatable bonds is 2. The Morgan fingerprint density at radius 3 is 2.59 bits per heavy atom. The zero-order chi connectivity index (χ0) is 15.4. The molecule has 0 aliphatic rings. The highest BCUT2D eigenvalue weighted by molar-refractivity contribution is 5.75. The molecule has 1 radical (unpaired) electrons. The number of aromatic nitrogens is 2. The van der Waals surface area contributed by atoms with Gasteiger partial charge in [0.2, 0.25) is 0 Å². The van der Waals surface area contributed by atoms with Crippen molar-refractivity contribution in [1.82, 2.24) is 9.97 Å². The van der Waals surface area contributed by atoms with Crippen LogP contribution in [0.1, 0.15) is 11.1 Å². The molecular formula is C18H9N4. The van der Waals surface area contributed by atoms with Crippen LogP contribution in [0.3, 0.4) is 0 Å². The number of hydrogen-bond acceptors (Lipinski definition) is 4. The Morgan fingerprint density at radius 1 is 1.00 bits per heavy atom. The van der Waals surface area contributed by atoms with E-state index in [9.17, 15) is 5.26 Å². The number of nitrogens with zero attached hydrogens (tertiary/aromatic N) is 4. The van der Waals surface area contributed by atoms with Crippen LogP contribution < -0.4 is 0 Å². The molecule has 0 N–H and O–H groups in total. The lowest BCUT2D eigenvalue weighted by Gasteiger charge is -2.07. The average molecular weight is 281 g/mol. The predicted molar refractivity (Wildman–Crippen MR) is 81.2 cm³/mol. The fourth-order valence-electron chi connectivity index (χ4n) is 2.15. The van der Waals surface area contributed by atoms with Gasteiger partial charge in [0.25, 0.3) is 0 Å². The molecule has 0 fully saturated rings. The smallest absolute Gasteiger partial charge is 0.0998 e. The van der Waals surface area contributed by atoms with E-state index in [4.69, 9.17) is 5.26 Å². The highest BCUT2D eigenvalue weighted by Crippen LogP contribution is 2.27. The SMILES string of the molecule is N#Cc1ccc(C#N)c(-c2cncc(-c3[c]cccn3)c2)c1. The minimum absolute atomic E-state index is 0.503. The van der Waals surface area contributed by atoms with Gasteiger partial charge in [0, 0.05) is 41.3 Å². The summed E-state index contributed by atoms with van der Waals surface area (Å²) in [6.45, 7) is 0. The topological polar surface area (TPSA) is 73.4 Å². The molecule has 1 aromatic carbocycles. The van der Waals surface area contributed by atoms with E-state index in [-0.39, 0.29) is 0 Å². The average Bonchev–Trinajstić information content (AvgIpc) is 2.62. The first-order chi connectivity index (χ1) is 10.8. The molecule has 3 rings (SSSR count). The van der Waals surface area contributed by atoms with Gasteiger partial charge in [0.05, 0.1) is 29.0 Å². The van der Waals surface area contributed by atoms with Crippen LogP contribution >= 0.6 is 0 Å². The zero-order valence-electron chi connectivity index (χ0n) is 11.5. The summed E-state index contributed by atoms with van der Waals surface area (Å²) < 4.78 is 0. The first-order valence-corrected chi connectivity index (χ1v) is 6.54.